The number of rotatable bonds is 1. The highest BCUT2D eigenvalue weighted by atomic mass is 16.2. The zero-order chi connectivity index (χ0) is 15.9. The summed E-state index contributed by atoms with van der Waals surface area (Å²) >= 11 is 0. The molecule has 0 N–H and O–H groups in total. The van der Waals surface area contributed by atoms with Gasteiger partial charge in [0.2, 0.25) is 0 Å². The molecule has 0 radical (unpaired) electrons. The van der Waals surface area contributed by atoms with Crippen LogP contribution in [0.4, 0.5) is 0 Å². The predicted octanol–water partition coefficient (Wildman–Crippen LogP) is 1.00. The van der Waals surface area contributed by atoms with E-state index in [4.69, 9.17) is 0 Å². The summed E-state index contributed by atoms with van der Waals surface area (Å²) in [6.07, 6.45) is 4.76. The zero-order valence-corrected chi connectivity index (χ0v) is 12.0. The Kier molecular flexibility index (Phi) is 2.19. The fourth-order valence-electron chi connectivity index (χ4n) is 4.44. The Morgan fingerprint density at radius 3 is 1.70 bits per heavy atom. The number of amides is 4. The lowest BCUT2D eigenvalue weighted by Gasteiger charge is -2.25. The van der Waals surface area contributed by atoms with Crippen LogP contribution in [0.1, 0.15) is 27.1 Å². The molecule has 0 unspecified atom stereocenters. The summed E-state index contributed by atoms with van der Waals surface area (Å²) in [6.45, 7) is 0. The highest BCUT2D eigenvalue weighted by Crippen LogP contribution is 2.53. The second-order valence-electron chi connectivity index (χ2n) is 6.46. The molecule has 5 rings (SSSR count). The molecule has 2 bridgehead atoms. The minimum Gasteiger partial charge on any atom is -0.272 e. The van der Waals surface area contributed by atoms with Gasteiger partial charge >= 0.3 is 0 Å². The SMILES string of the molecule is O=C1c2ccccc2C(=O)N1N1C(=O)[C@@H]2[C@H](C1=O)[C@@H]1C=C[C@@H]2C1. The maximum atomic E-state index is 12.7. The van der Waals surface area contributed by atoms with E-state index in [9.17, 15) is 19.2 Å². The first-order chi connectivity index (χ1) is 11.1. The van der Waals surface area contributed by atoms with E-state index in [0.717, 1.165) is 16.4 Å². The van der Waals surface area contributed by atoms with Gasteiger partial charge in [0.1, 0.15) is 0 Å². The van der Waals surface area contributed by atoms with Crippen molar-refractivity contribution in [3.63, 3.8) is 0 Å². The van der Waals surface area contributed by atoms with E-state index < -0.39 is 35.5 Å². The Bertz CT molecular complexity index is 778. The fourth-order valence-corrected chi connectivity index (χ4v) is 4.44. The van der Waals surface area contributed by atoms with Crippen molar-refractivity contribution in [1.29, 1.82) is 0 Å². The molecule has 114 valence electrons. The lowest BCUT2D eigenvalue weighted by molar-refractivity contribution is -0.152. The third-order valence-corrected chi connectivity index (χ3v) is 5.42. The molecule has 23 heavy (non-hydrogen) atoms. The molecule has 1 saturated carbocycles. The molecule has 6 heteroatoms. The Balaban J connectivity index is 1.57. The van der Waals surface area contributed by atoms with E-state index >= 15 is 0 Å². The van der Waals surface area contributed by atoms with E-state index in [0.29, 0.717) is 0 Å². The van der Waals surface area contributed by atoms with Gasteiger partial charge in [0.15, 0.2) is 0 Å². The molecule has 4 atom stereocenters. The summed E-state index contributed by atoms with van der Waals surface area (Å²) in [7, 11) is 0. The third-order valence-electron chi connectivity index (χ3n) is 5.42. The number of hydrazine groups is 1. The average molecular weight is 308 g/mol. The second-order valence-corrected chi connectivity index (χ2v) is 6.46. The maximum absolute atomic E-state index is 12.7. The molecule has 1 aromatic rings. The van der Waals surface area contributed by atoms with Gasteiger partial charge in [0.05, 0.1) is 23.0 Å². The molecule has 2 fully saturated rings. The minimum absolute atomic E-state index is 0.0432. The van der Waals surface area contributed by atoms with Gasteiger partial charge < -0.3 is 0 Å². The Morgan fingerprint density at radius 2 is 1.22 bits per heavy atom. The van der Waals surface area contributed by atoms with Crippen LogP contribution in [0, 0.1) is 23.7 Å². The maximum Gasteiger partial charge on any atom is 0.281 e. The summed E-state index contributed by atoms with van der Waals surface area (Å²) in [4.78, 5) is 50.5. The number of hydrogen-bond acceptors (Lipinski definition) is 4. The predicted molar refractivity (Wildman–Crippen MR) is 76.5 cm³/mol. The first kappa shape index (κ1) is 12.8. The zero-order valence-electron chi connectivity index (χ0n) is 12.0. The van der Waals surface area contributed by atoms with Crippen LogP contribution in [-0.2, 0) is 9.59 Å². The highest BCUT2D eigenvalue weighted by molar-refractivity contribution is 6.24. The summed E-state index contributed by atoms with van der Waals surface area (Å²) in [6, 6.07) is 6.37. The molecule has 4 aliphatic rings. The van der Waals surface area contributed by atoms with Gasteiger partial charge in [-0.05, 0) is 30.4 Å². The molecule has 6 nitrogen and oxygen atoms in total. The quantitative estimate of drug-likeness (QED) is 0.573. The number of fused-ring (bicyclic) bond motifs is 6. The monoisotopic (exact) mass is 308 g/mol. The highest BCUT2D eigenvalue weighted by Gasteiger charge is 2.62. The lowest BCUT2D eigenvalue weighted by atomic mass is 9.85. The molecule has 4 amide bonds. The summed E-state index contributed by atoms with van der Waals surface area (Å²) in [5.41, 5.74) is 0.465. The molecular weight excluding hydrogens is 296 g/mol. The van der Waals surface area contributed by atoms with Gasteiger partial charge in [-0.15, -0.1) is 0 Å². The van der Waals surface area contributed by atoms with Gasteiger partial charge in [-0.3, -0.25) is 19.2 Å². The van der Waals surface area contributed by atoms with Crippen LogP contribution in [0.2, 0.25) is 0 Å². The smallest absolute Gasteiger partial charge is 0.272 e. The number of carbonyl (C=O) groups excluding carboxylic acids is 4. The molecule has 1 saturated heterocycles. The van der Waals surface area contributed by atoms with Crippen LogP contribution in [0.5, 0.6) is 0 Å². The number of allylic oxidation sites excluding steroid dienone is 2. The van der Waals surface area contributed by atoms with Crippen molar-refractivity contribution < 1.29 is 19.2 Å². The van der Waals surface area contributed by atoms with Crippen LogP contribution in [0.25, 0.3) is 0 Å². The van der Waals surface area contributed by atoms with Gasteiger partial charge in [0, 0.05) is 0 Å². The largest absolute Gasteiger partial charge is 0.281 e. The average Bonchev–Trinajstić information content (AvgIpc) is 3.28. The van der Waals surface area contributed by atoms with E-state index in [2.05, 4.69) is 0 Å². The molecule has 0 spiro atoms. The van der Waals surface area contributed by atoms with Crippen molar-refractivity contribution in [3.8, 4) is 0 Å². The van der Waals surface area contributed by atoms with Crippen LogP contribution in [-0.4, -0.2) is 33.6 Å². The Hall–Kier alpha value is -2.76. The molecule has 1 aromatic carbocycles. The molecule has 0 aromatic heterocycles. The van der Waals surface area contributed by atoms with Crippen molar-refractivity contribution in [1.82, 2.24) is 10.0 Å². The lowest BCUT2D eigenvalue weighted by Crippen LogP contribution is -2.50. The topological polar surface area (TPSA) is 74.8 Å². The molecule has 2 aliphatic carbocycles. The minimum atomic E-state index is -0.604. The van der Waals surface area contributed by atoms with Crippen molar-refractivity contribution in [2.45, 2.75) is 6.42 Å². The number of benzene rings is 1. The third kappa shape index (κ3) is 1.34. The standard InChI is InChI=1S/C17H12N2O4/c20-14-10-3-1-2-4-11(10)15(21)18(14)19-16(22)12-8-5-6-9(7-8)13(12)17(19)23/h1-6,8-9,12-13H,7H2/t8-,9-,12-,13+/m1/s1. The van der Waals surface area contributed by atoms with Crippen LogP contribution in [0.15, 0.2) is 36.4 Å². The van der Waals surface area contributed by atoms with E-state index in [1.807, 2.05) is 12.2 Å². The molecule has 2 aliphatic heterocycles. The van der Waals surface area contributed by atoms with Crippen molar-refractivity contribution >= 4 is 23.6 Å². The Labute approximate surface area is 131 Å². The second kappa shape index (κ2) is 3.95. The van der Waals surface area contributed by atoms with Crippen molar-refractivity contribution in [2.75, 3.05) is 0 Å². The normalized spacial score (nSPS) is 33.9. The molecular formula is C17H12N2O4. The summed E-state index contributed by atoms with van der Waals surface area (Å²) in [5, 5.41) is 1.53. The van der Waals surface area contributed by atoms with Gasteiger partial charge in [-0.1, -0.05) is 24.3 Å². The Morgan fingerprint density at radius 1 is 0.739 bits per heavy atom. The first-order valence-corrected chi connectivity index (χ1v) is 7.63. The van der Waals surface area contributed by atoms with E-state index in [-0.39, 0.29) is 23.0 Å². The number of carbonyl (C=O) groups is 4. The fraction of sp³-hybridized carbons (Fsp3) is 0.294. The number of hydrogen-bond donors (Lipinski definition) is 0. The van der Waals surface area contributed by atoms with Crippen molar-refractivity contribution in [3.05, 3.63) is 47.5 Å². The number of imide groups is 2. The van der Waals surface area contributed by atoms with Crippen LogP contribution >= 0.6 is 0 Å². The summed E-state index contributed by atoms with van der Waals surface area (Å²) < 4.78 is 0. The number of nitrogens with zero attached hydrogens (tertiary/aromatic N) is 2. The van der Waals surface area contributed by atoms with E-state index in [1.165, 1.54) is 12.1 Å². The van der Waals surface area contributed by atoms with Crippen LogP contribution in [0.3, 0.4) is 0 Å². The van der Waals surface area contributed by atoms with Crippen molar-refractivity contribution in [2.24, 2.45) is 23.7 Å². The van der Waals surface area contributed by atoms with Gasteiger partial charge in [-0.25, -0.2) is 0 Å². The van der Waals surface area contributed by atoms with E-state index in [1.54, 1.807) is 12.1 Å². The summed E-state index contributed by atoms with van der Waals surface area (Å²) in [5.74, 6) is -2.83. The first-order valence-electron chi connectivity index (χ1n) is 7.63. The molecule has 2 heterocycles. The van der Waals surface area contributed by atoms with Gasteiger partial charge in [0.25, 0.3) is 23.6 Å². The van der Waals surface area contributed by atoms with Gasteiger partial charge in [-0.2, -0.15) is 10.0 Å². The van der Waals surface area contributed by atoms with Crippen LogP contribution < -0.4 is 0 Å².